The Hall–Kier alpha value is -1.79. The Balaban J connectivity index is 2.95. The summed E-state index contributed by atoms with van der Waals surface area (Å²) in [6.07, 6.45) is -0.136. The van der Waals surface area contributed by atoms with Crippen LogP contribution in [0, 0.1) is 5.92 Å². The molecular formula is C16H27NO6. The highest BCUT2D eigenvalue weighted by atomic mass is 16.6. The van der Waals surface area contributed by atoms with Crippen molar-refractivity contribution >= 4 is 18.0 Å². The van der Waals surface area contributed by atoms with Gasteiger partial charge in [0.15, 0.2) is 0 Å². The number of likely N-dealkylation sites (tertiary alicyclic amines) is 1. The van der Waals surface area contributed by atoms with Crippen LogP contribution in [-0.4, -0.2) is 51.8 Å². The van der Waals surface area contributed by atoms with Crippen LogP contribution in [0.25, 0.3) is 0 Å². The topological polar surface area (TPSA) is 93.1 Å². The second kappa shape index (κ2) is 6.76. The molecule has 0 aromatic rings. The Kier molecular flexibility index (Phi) is 5.66. The normalized spacial score (nSPS) is 22.4. The van der Waals surface area contributed by atoms with E-state index in [1.165, 1.54) is 4.90 Å². The molecule has 1 aliphatic heterocycles. The van der Waals surface area contributed by atoms with Gasteiger partial charge in [0.25, 0.3) is 0 Å². The first-order chi connectivity index (χ1) is 10.3. The third-order valence-electron chi connectivity index (χ3n) is 3.24. The molecule has 1 aliphatic rings. The first kappa shape index (κ1) is 19.3. The van der Waals surface area contributed by atoms with E-state index in [0.29, 0.717) is 6.42 Å². The summed E-state index contributed by atoms with van der Waals surface area (Å²) in [7, 11) is 0. The van der Waals surface area contributed by atoms with Gasteiger partial charge in [0, 0.05) is 6.54 Å². The molecule has 1 saturated heterocycles. The largest absolute Gasteiger partial charge is 0.481 e. The van der Waals surface area contributed by atoms with Gasteiger partial charge in [-0.2, -0.15) is 0 Å². The van der Waals surface area contributed by atoms with Gasteiger partial charge in [0.05, 0.1) is 5.92 Å². The highest BCUT2D eigenvalue weighted by Crippen LogP contribution is 2.26. The van der Waals surface area contributed by atoms with Gasteiger partial charge in [-0.15, -0.1) is 0 Å². The summed E-state index contributed by atoms with van der Waals surface area (Å²) in [4.78, 5) is 37.1. The minimum absolute atomic E-state index is 0.0614. The summed E-state index contributed by atoms with van der Waals surface area (Å²) in [6.45, 7) is 10.3. The molecule has 7 nitrogen and oxygen atoms in total. The molecule has 0 aromatic heterocycles. The van der Waals surface area contributed by atoms with E-state index in [4.69, 9.17) is 9.47 Å². The van der Waals surface area contributed by atoms with E-state index in [0.717, 1.165) is 0 Å². The molecule has 0 aromatic carbocycles. The molecule has 0 aliphatic carbocycles. The maximum atomic E-state index is 12.4. The molecule has 23 heavy (non-hydrogen) atoms. The minimum Gasteiger partial charge on any atom is -0.481 e. The van der Waals surface area contributed by atoms with E-state index < -0.39 is 41.2 Å². The minimum atomic E-state index is -0.985. The Morgan fingerprint density at radius 1 is 0.957 bits per heavy atom. The van der Waals surface area contributed by atoms with Gasteiger partial charge in [-0.05, 0) is 54.4 Å². The van der Waals surface area contributed by atoms with Crippen LogP contribution in [0.5, 0.6) is 0 Å². The lowest BCUT2D eigenvalue weighted by Crippen LogP contribution is -2.54. The molecule has 132 valence electrons. The number of carboxylic acid groups (broad SMARTS) is 1. The van der Waals surface area contributed by atoms with Gasteiger partial charge in [-0.3, -0.25) is 9.69 Å². The number of hydrogen-bond acceptors (Lipinski definition) is 5. The average molecular weight is 329 g/mol. The summed E-state index contributed by atoms with van der Waals surface area (Å²) in [5.41, 5.74) is -1.41. The number of piperidine rings is 1. The monoisotopic (exact) mass is 329 g/mol. The van der Waals surface area contributed by atoms with Crippen LogP contribution < -0.4 is 0 Å². The molecule has 0 spiro atoms. The molecule has 2 atom stereocenters. The van der Waals surface area contributed by atoms with Crippen LogP contribution >= 0.6 is 0 Å². The fourth-order valence-electron chi connectivity index (χ4n) is 2.31. The first-order valence-corrected chi connectivity index (χ1v) is 7.75. The van der Waals surface area contributed by atoms with Gasteiger partial charge >= 0.3 is 18.0 Å². The zero-order valence-electron chi connectivity index (χ0n) is 14.7. The first-order valence-electron chi connectivity index (χ1n) is 7.75. The van der Waals surface area contributed by atoms with Crippen molar-refractivity contribution in [1.82, 2.24) is 4.90 Å². The standard InChI is InChI=1S/C16H27NO6/c1-15(2,3)22-13(20)11-8-7-10(12(18)19)9-17(11)14(21)23-16(4,5)6/h10-11H,7-9H2,1-6H3,(H,18,19)/t10-,11+/m1/s1. The molecule has 1 amide bonds. The quantitative estimate of drug-likeness (QED) is 0.782. The second-order valence-corrected chi connectivity index (χ2v) is 7.79. The third-order valence-corrected chi connectivity index (χ3v) is 3.24. The predicted molar refractivity (Wildman–Crippen MR) is 82.9 cm³/mol. The SMILES string of the molecule is CC(C)(C)OC(=O)[C@@H]1CC[C@@H](C(=O)O)CN1C(=O)OC(C)(C)C. The summed E-state index contributed by atoms with van der Waals surface area (Å²) in [5.74, 6) is -2.23. The molecule has 1 N–H and O–H groups in total. The number of esters is 1. The van der Waals surface area contributed by atoms with Crippen molar-refractivity contribution < 1.29 is 29.0 Å². The van der Waals surface area contributed by atoms with Crippen LogP contribution in [0.3, 0.4) is 0 Å². The Bertz CT molecular complexity index is 474. The smallest absolute Gasteiger partial charge is 0.411 e. The Morgan fingerprint density at radius 3 is 1.91 bits per heavy atom. The molecule has 7 heteroatoms. The number of carboxylic acids is 1. The van der Waals surface area contributed by atoms with E-state index in [9.17, 15) is 19.5 Å². The molecule has 1 rings (SSSR count). The van der Waals surface area contributed by atoms with E-state index >= 15 is 0 Å². The number of nitrogens with zero attached hydrogens (tertiary/aromatic N) is 1. The lowest BCUT2D eigenvalue weighted by Gasteiger charge is -2.38. The van der Waals surface area contributed by atoms with E-state index in [1.807, 2.05) is 0 Å². The van der Waals surface area contributed by atoms with Crippen molar-refractivity contribution in [3.05, 3.63) is 0 Å². The van der Waals surface area contributed by atoms with Gasteiger partial charge in [0.2, 0.25) is 0 Å². The fourth-order valence-corrected chi connectivity index (χ4v) is 2.31. The molecule has 0 bridgehead atoms. The van der Waals surface area contributed by atoms with E-state index in [-0.39, 0.29) is 13.0 Å². The second-order valence-electron chi connectivity index (χ2n) is 7.79. The number of carbonyl (C=O) groups is 3. The molecule has 1 heterocycles. The third kappa shape index (κ3) is 6.08. The summed E-state index contributed by atoms with van der Waals surface area (Å²) >= 11 is 0. The van der Waals surface area contributed by atoms with Gasteiger partial charge in [-0.25, -0.2) is 9.59 Å². The lowest BCUT2D eigenvalue weighted by atomic mass is 9.93. The Morgan fingerprint density at radius 2 is 1.48 bits per heavy atom. The van der Waals surface area contributed by atoms with Gasteiger partial charge in [-0.1, -0.05) is 0 Å². The Labute approximate surface area is 136 Å². The number of rotatable bonds is 2. The highest BCUT2D eigenvalue weighted by Gasteiger charge is 2.41. The summed E-state index contributed by atoms with van der Waals surface area (Å²) < 4.78 is 10.6. The van der Waals surface area contributed by atoms with Crippen molar-refractivity contribution in [2.24, 2.45) is 5.92 Å². The van der Waals surface area contributed by atoms with E-state index in [2.05, 4.69) is 0 Å². The van der Waals surface area contributed by atoms with Crippen LogP contribution in [0.2, 0.25) is 0 Å². The molecule has 1 fully saturated rings. The van der Waals surface area contributed by atoms with Crippen LogP contribution in [0.15, 0.2) is 0 Å². The van der Waals surface area contributed by atoms with Gasteiger partial charge in [0.1, 0.15) is 17.2 Å². The number of amides is 1. The zero-order chi connectivity index (χ0) is 18.0. The lowest BCUT2D eigenvalue weighted by molar-refractivity contribution is -0.165. The predicted octanol–water partition coefficient (Wildman–Crippen LogP) is 2.43. The van der Waals surface area contributed by atoms with Crippen molar-refractivity contribution in [3.8, 4) is 0 Å². The summed E-state index contributed by atoms with van der Waals surface area (Å²) in [5, 5.41) is 9.19. The average Bonchev–Trinajstić information content (AvgIpc) is 2.33. The molecule has 0 unspecified atom stereocenters. The number of carbonyl (C=O) groups excluding carboxylic acids is 2. The molecular weight excluding hydrogens is 302 g/mol. The van der Waals surface area contributed by atoms with Crippen molar-refractivity contribution in [2.75, 3.05) is 6.54 Å². The maximum absolute atomic E-state index is 12.4. The number of hydrogen-bond donors (Lipinski definition) is 1. The zero-order valence-corrected chi connectivity index (χ0v) is 14.7. The van der Waals surface area contributed by atoms with Crippen LogP contribution in [-0.2, 0) is 19.1 Å². The van der Waals surface area contributed by atoms with Crippen LogP contribution in [0.4, 0.5) is 4.79 Å². The summed E-state index contributed by atoms with van der Waals surface area (Å²) in [6, 6.07) is -0.820. The number of ether oxygens (including phenoxy) is 2. The fraction of sp³-hybridized carbons (Fsp3) is 0.812. The maximum Gasteiger partial charge on any atom is 0.411 e. The molecule has 0 radical (unpaired) electrons. The number of aliphatic carboxylic acids is 1. The van der Waals surface area contributed by atoms with Crippen molar-refractivity contribution in [1.29, 1.82) is 0 Å². The van der Waals surface area contributed by atoms with Crippen LogP contribution in [0.1, 0.15) is 54.4 Å². The van der Waals surface area contributed by atoms with Gasteiger partial charge < -0.3 is 14.6 Å². The highest BCUT2D eigenvalue weighted by molar-refractivity contribution is 5.83. The van der Waals surface area contributed by atoms with Crippen molar-refractivity contribution in [3.63, 3.8) is 0 Å². The van der Waals surface area contributed by atoms with Crippen molar-refractivity contribution in [2.45, 2.75) is 71.6 Å². The van der Waals surface area contributed by atoms with E-state index in [1.54, 1.807) is 41.5 Å². The molecule has 0 saturated carbocycles.